The lowest BCUT2D eigenvalue weighted by atomic mass is 10.0. The van der Waals surface area contributed by atoms with Gasteiger partial charge in [-0.25, -0.2) is 0 Å². The number of rotatable bonds is 5. The molecule has 0 saturated carbocycles. The average Bonchev–Trinajstić information content (AvgIpc) is 3.14. The summed E-state index contributed by atoms with van der Waals surface area (Å²) in [5.74, 6) is 0. The lowest BCUT2D eigenvalue weighted by molar-refractivity contribution is -0.384. The van der Waals surface area contributed by atoms with E-state index in [1.165, 1.54) is 6.07 Å². The minimum absolute atomic E-state index is 0.0854. The summed E-state index contributed by atoms with van der Waals surface area (Å²) >= 11 is 0. The molecule has 0 unspecified atom stereocenters. The normalized spacial score (nSPS) is 12.7. The van der Waals surface area contributed by atoms with Crippen molar-refractivity contribution in [1.29, 1.82) is 0 Å². The number of anilines is 2. The molecule has 0 radical (unpaired) electrons. The van der Waals surface area contributed by atoms with Gasteiger partial charge in [-0.05, 0) is 35.4 Å². The highest BCUT2D eigenvalue weighted by atomic mass is 16.6. The number of nitrogens with zero attached hydrogens (tertiary/aromatic N) is 3. The van der Waals surface area contributed by atoms with Crippen LogP contribution < -0.4 is 4.90 Å². The zero-order valence-electron chi connectivity index (χ0n) is 15.4. The van der Waals surface area contributed by atoms with Crippen LogP contribution in [-0.2, 0) is 6.54 Å². The molecule has 0 saturated heterocycles. The van der Waals surface area contributed by atoms with E-state index in [1.807, 2.05) is 48.4 Å². The van der Waals surface area contributed by atoms with Crippen LogP contribution in [0.3, 0.4) is 0 Å². The Bertz CT molecular complexity index is 1090. The highest BCUT2D eigenvalue weighted by Crippen LogP contribution is 2.30. The first-order valence-corrected chi connectivity index (χ1v) is 9.01. The first kappa shape index (κ1) is 17.7. The summed E-state index contributed by atoms with van der Waals surface area (Å²) in [6.45, 7) is 0.639. The van der Waals surface area contributed by atoms with E-state index in [0.717, 1.165) is 33.8 Å². The van der Waals surface area contributed by atoms with E-state index in [9.17, 15) is 10.1 Å². The molecule has 0 atom stereocenters. The maximum Gasteiger partial charge on any atom is 0.271 e. The van der Waals surface area contributed by atoms with E-state index >= 15 is 0 Å². The van der Waals surface area contributed by atoms with Gasteiger partial charge in [-0.15, -0.1) is 0 Å². The number of benzene rings is 3. The SMILES string of the molecule is CN(c1cccc([N+](=O)[O-])c1)c1ccc2c(c1)CN=C2/C=C/c1ccccc1. The van der Waals surface area contributed by atoms with Gasteiger partial charge in [-0.1, -0.05) is 48.5 Å². The van der Waals surface area contributed by atoms with Gasteiger partial charge in [0.25, 0.3) is 5.69 Å². The topological polar surface area (TPSA) is 58.7 Å². The predicted octanol–water partition coefficient (Wildman–Crippen LogP) is 5.38. The lowest BCUT2D eigenvalue weighted by Crippen LogP contribution is -2.10. The molecule has 0 amide bonds. The van der Waals surface area contributed by atoms with Crippen LogP contribution in [0.2, 0.25) is 0 Å². The molecular weight excluding hydrogens is 350 g/mol. The number of hydrogen-bond acceptors (Lipinski definition) is 4. The average molecular weight is 369 g/mol. The molecule has 4 rings (SSSR count). The van der Waals surface area contributed by atoms with Crippen molar-refractivity contribution in [3.63, 3.8) is 0 Å². The second-order valence-corrected chi connectivity index (χ2v) is 6.62. The van der Waals surface area contributed by atoms with Crippen LogP contribution in [0.4, 0.5) is 17.1 Å². The van der Waals surface area contributed by atoms with Crippen LogP contribution in [-0.4, -0.2) is 17.7 Å². The van der Waals surface area contributed by atoms with Crippen molar-refractivity contribution in [3.8, 4) is 0 Å². The monoisotopic (exact) mass is 369 g/mol. The van der Waals surface area contributed by atoms with Crippen LogP contribution in [0.25, 0.3) is 6.08 Å². The molecule has 1 aliphatic heterocycles. The molecule has 1 heterocycles. The second-order valence-electron chi connectivity index (χ2n) is 6.62. The smallest absolute Gasteiger partial charge is 0.271 e. The van der Waals surface area contributed by atoms with E-state index < -0.39 is 0 Å². The molecule has 0 fully saturated rings. The van der Waals surface area contributed by atoms with E-state index in [-0.39, 0.29) is 10.6 Å². The van der Waals surface area contributed by atoms with E-state index in [1.54, 1.807) is 12.1 Å². The summed E-state index contributed by atoms with van der Waals surface area (Å²) in [6, 6.07) is 23.0. The van der Waals surface area contributed by atoms with Crippen molar-refractivity contribution < 1.29 is 4.92 Å². The second kappa shape index (κ2) is 7.48. The molecule has 5 heteroatoms. The van der Waals surface area contributed by atoms with Crippen LogP contribution in [0.5, 0.6) is 0 Å². The Morgan fingerprint density at radius 1 is 0.964 bits per heavy atom. The maximum atomic E-state index is 11.0. The Hall–Kier alpha value is -3.73. The van der Waals surface area contributed by atoms with Crippen LogP contribution in [0.1, 0.15) is 16.7 Å². The number of non-ortho nitro benzene ring substituents is 1. The van der Waals surface area contributed by atoms with Gasteiger partial charge in [0.05, 0.1) is 17.2 Å². The van der Waals surface area contributed by atoms with Crippen LogP contribution >= 0.6 is 0 Å². The fourth-order valence-electron chi connectivity index (χ4n) is 3.27. The van der Waals surface area contributed by atoms with Crippen molar-refractivity contribution >= 4 is 28.8 Å². The minimum atomic E-state index is -0.376. The van der Waals surface area contributed by atoms with Gasteiger partial charge >= 0.3 is 0 Å². The quantitative estimate of drug-likeness (QED) is 0.448. The van der Waals surface area contributed by atoms with Gasteiger partial charge in [0.1, 0.15) is 0 Å². The highest BCUT2D eigenvalue weighted by Gasteiger charge is 2.16. The molecule has 28 heavy (non-hydrogen) atoms. The summed E-state index contributed by atoms with van der Waals surface area (Å²) in [4.78, 5) is 17.3. The number of nitro groups is 1. The van der Waals surface area contributed by atoms with E-state index in [4.69, 9.17) is 0 Å². The summed E-state index contributed by atoms with van der Waals surface area (Å²) < 4.78 is 0. The number of hydrogen-bond donors (Lipinski definition) is 0. The zero-order valence-corrected chi connectivity index (χ0v) is 15.4. The first-order valence-electron chi connectivity index (χ1n) is 9.01. The lowest BCUT2D eigenvalue weighted by Gasteiger charge is -2.20. The fourth-order valence-corrected chi connectivity index (χ4v) is 3.27. The van der Waals surface area contributed by atoms with Gasteiger partial charge in [-0.2, -0.15) is 0 Å². The summed E-state index contributed by atoms with van der Waals surface area (Å²) in [7, 11) is 1.91. The fraction of sp³-hybridized carbons (Fsp3) is 0.0870. The molecule has 3 aromatic carbocycles. The van der Waals surface area contributed by atoms with Crippen molar-refractivity contribution in [2.75, 3.05) is 11.9 Å². The molecule has 0 bridgehead atoms. The van der Waals surface area contributed by atoms with E-state index in [2.05, 4.69) is 35.3 Å². The Balaban J connectivity index is 1.57. The van der Waals surface area contributed by atoms with Crippen molar-refractivity contribution in [2.24, 2.45) is 4.99 Å². The van der Waals surface area contributed by atoms with Crippen molar-refractivity contribution in [2.45, 2.75) is 6.54 Å². The first-order chi connectivity index (χ1) is 13.6. The molecule has 5 nitrogen and oxygen atoms in total. The minimum Gasteiger partial charge on any atom is -0.344 e. The maximum absolute atomic E-state index is 11.0. The molecule has 1 aliphatic rings. The number of aliphatic imine (C=N–C) groups is 1. The third-order valence-electron chi connectivity index (χ3n) is 4.83. The number of nitro benzene ring substituents is 1. The highest BCUT2D eigenvalue weighted by molar-refractivity contribution is 6.13. The Morgan fingerprint density at radius 3 is 2.54 bits per heavy atom. The largest absolute Gasteiger partial charge is 0.344 e. The Labute approximate surface area is 163 Å². The standard InChI is InChI=1S/C23H19N3O2/c1-25(19-8-5-9-21(15-19)26(27)28)20-11-12-22-18(14-20)16-24-23(22)13-10-17-6-3-2-4-7-17/h2-15H,16H2,1H3/b13-10+. The number of allylic oxidation sites excluding steroid dienone is 1. The van der Waals surface area contributed by atoms with Gasteiger partial charge in [0, 0.05) is 36.1 Å². The summed E-state index contributed by atoms with van der Waals surface area (Å²) in [6.07, 6.45) is 4.11. The summed E-state index contributed by atoms with van der Waals surface area (Å²) in [5.41, 5.74) is 6.23. The Morgan fingerprint density at radius 2 is 1.75 bits per heavy atom. The predicted molar refractivity (Wildman–Crippen MR) is 113 cm³/mol. The third-order valence-corrected chi connectivity index (χ3v) is 4.83. The summed E-state index contributed by atoms with van der Waals surface area (Å²) in [5, 5.41) is 11.0. The van der Waals surface area contributed by atoms with Gasteiger partial charge < -0.3 is 4.90 Å². The number of fused-ring (bicyclic) bond motifs is 1. The van der Waals surface area contributed by atoms with Crippen LogP contribution in [0.15, 0.2) is 83.9 Å². The van der Waals surface area contributed by atoms with Gasteiger partial charge in [0.15, 0.2) is 0 Å². The van der Waals surface area contributed by atoms with Gasteiger partial charge in [0.2, 0.25) is 0 Å². The zero-order chi connectivity index (χ0) is 19.5. The molecular formula is C23H19N3O2. The van der Waals surface area contributed by atoms with Crippen molar-refractivity contribution in [1.82, 2.24) is 0 Å². The van der Waals surface area contributed by atoms with Gasteiger partial charge in [-0.3, -0.25) is 15.1 Å². The molecule has 138 valence electrons. The molecule has 0 spiro atoms. The molecule has 0 aromatic heterocycles. The molecule has 0 aliphatic carbocycles. The third kappa shape index (κ3) is 3.55. The van der Waals surface area contributed by atoms with Crippen molar-refractivity contribution in [3.05, 3.63) is 106 Å². The Kier molecular flexibility index (Phi) is 4.72. The van der Waals surface area contributed by atoms with Crippen LogP contribution in [0, 0.1) is 10.1 Å². The molecule has 3 aromatic rings. The molecule has 0 N–H and O–H groups in total. The van der Waals surface area contributed by atoms with E-state index in [0.29, 0.717) is 6.54 Å².